The van der Waals surface area contributed by atoms with Gasteiger partial charge in [0.15, 0.2) is 0 Å². The minimum absolute atomic E-state index is 0.176. The highest BCUT2D eigenvalue weighted by Gasteiger charge is 2.24. The molecule has 2 aromatic carbocycles. The van der Waals surface area contributed by atoms with Gasteiger partial charge in [0.25, 0.3) is 0 Å². The van der Waals surface area contributed by atoms with E-state index in [9.17, 15) is 4.79 Å². The smallest absolute Gasteiger partial charge is 0.319 e. The van der Waals surface area contributed by atoms with Gasteiger partial charge in [0.1, 0.15) is 5.82 Å². The van der Waals surface area contributed by atoms with Crippen molar-refractivity contribution in [3.05, 3.63) is 59.4 Å². The van der Waals surface area contributed by atoms with Crippen LogP contribution in [-0.4, -0.2) is 47.1 Å². The van der Waals surface area contributed by atoms with Gasteiger partial charge in [0.2, 0.25) is 0 Å². The summed E-state index contributed by atoms with van der Waals surface area (Å²) >= 11 is 0. The SMILES string of the molecule is Cc1nc2ccc(NC(=O)NCCN3CC[C@@H](c4ccccc4C)C3)cc2[nH]1. The van der Waals surface area contributed by atoms with Gasteiger partial charge in [-0.15, -0.1) is 0 Å². The van der Waals surface area contributed by atoms with Gasteiger partial charge in [-0.05, 0) is 62.1 Å². The molecule has 28 heavy (non-hydrogen) atoms. The highest BCUT2D eigenvalue weighted by Crippen LogP contribution is 2.28. The number of aryl methyl sites for hydroxylation is 2. The van der Waals surface area contributed by atoms with Gasteiger partial charge >= 0.3 is 6.03 Å². The Balaban J connectivity index is 1.23. The highest BCUT2D eigenvalue weighted by atomic mass is 16.2. The van der Waals surface area contributed by atoms with E-state index in [0.29, 0.717) is 12.5 Å². The molecule has 1 atom stereocenters. The van der Waals surface area contributed by atoms with Crippen molar-refractivity contribution in [3.8, 4) is 0 Å². The maximum Gasteiger partial charge on any atom is 0.319 e. The summed E-state index contributed by atoms with van der Waals surface area (Å²) in [5.41, 5.74) is 5.42. The number of hydrogen-bond acceptors (Lipinski definition) is 3. The standard InChI is InChI=1S/C22H27N5O/c1-15-5-3-4-6-19(15)17-9-11-27(14-17)12-10-23-22(28)26-18-7-8-20-21(13-18)25-16(2)24-20/h3-8,13,17H,9-12,14H2,1-2H3,(H,24,25)(H2,23,26,28)/t17-/m1/s1. The summed E-state index contributed by atoms with van der Waals surface area (Å²) in [6.07, 6.45) is 1.18. The van der Waals surface area contributed by atoms with E-state index in [1.165, 1.54) is 17.5 Å². The summed E-state index contributed by atoms with van der Waals surface area (Å²) < 4.78 is 0. The monoisotopic (exact) mass is 377 g/mol. The van der Waals surface area contributed by atoms with Crippen molar-refractivity contribution in [2.24, 2.45) is 0 Å². The maximum absolute atomic E-state index is 12.2. The quantitative estimate of drug-likeness (QED) is 0.633. The lowest BCUT2D eigenvalue weighted by Gasteiger charge is -2.17. The Kier molecular flexibility index (Phi) is 5.30. The number of imidazole rings is 1. The molecule has 146 valence electrons. The number of fused-ring (bicyclic) bond motifs is 1. The van der Waals surface area contributed by atoms with Crippen LogP contribution in [0, 0.1) is 13.8 Å². The van der Waals surface area contributed by atoms with Gasteiger partial charge in [-0.25, -0.2) is 9.78 Å². The van der Waals surface area contributed by atoms with Crippen molar-refractivity contribution in [3.63, 3.8) is 0 Å². The van der Waals surface area contributed by atoms with Gasteiger partial charge in [-0.1, -0.05) is 24.3 Å². The molecular formula is C22H27N5O. The molecule has 1 fully saturated rings. The number of likely N-dealkylation sites (tertiary alicyclic amines) is 1. The van der Waals surface area contributed by atoms with Crippen LogP contribution in [0.4, 0.5) is 10.5 Å². The van der Waals surface area contributed by atoms with E-state index < -0.39 is 0 Å². The third-order valence-corrected chi connectivity index (χ3v) is 5.47. The number of amides is 2. The van der Waals surface area contributed by atoms with Crippen molar-refractivity contribution in [1.82, 2.24) is 20.2 Å². The number of anilines is 1. The number of nitrogens with zero attached hydrogens (tertiary/aromatic N) is 2. The fourth-order valence-corrected chi connectivity index (χ4v) is 4.05. The fourth-order valence-electron chi connectivity index (χ4n) is 4.05. The Bertz CT molecular complexity index is 980. The number of carbonyl (C=O) groups is 1. The molecule has 0 radical (unpaired) electrons. The number of aromatic amines is 1. The molecule has 1 aliphatic rings. The molecule has 3 N–H and O–H groups in total. The molecule has 6 heteroatoms. The van der Waals surface area contributed by atoms with Gasteiger partial charge in [-0.3, -0.25) is 0 Å². The van der Waals surface area contributed by atoms with Crippen molar-refractivity contribution in [2.45, 2.75) is 26.2 Å². The Labute approximate surface area is 165 Å². The zero-order valence-corrected chi connectivity index (χ0v) is 16.5. The molecule has 0 aliphatic carbocycles. The summed E-state index contributed by atoms with van der Waals surface area (Å²) in [4.78, 5) is 22.2. The van der Waals surface area contributed by atoms with E-state index in [-0.39, 0.29) is 6.03 Å². The largest absolute Gasteiger partial charge is 0.342 e. The number of H-pyrrole nitrogens is 1. The van der Waals surface area contributed by atoms with E-state index in [0.717, 1.165) is 42.2 Å². The maximum atomic E-state index is 12.2. The van der Waals surface area contributed by atoms with Crippen LogP contribution in [0.5, 0.6) is 0 Å². The molecule has 2 amide bonds. The molecule has 0 spiro atoms. The van der Waals surface area contributed by atoms with E-state index in [2.05, 4.69) is 56.7 Å². The Hall–Kier alpha value is -2.86. The molecular weight excluding hydrogens is 350 g/mol. The molecule has 0 unspecified atom stereocenters. The molecule has 1 saturated heterocycles. The second-order valence-electron chi connectivity index (χ2n) is 7.58. The molecule has 6 nitrogen and oxygen atoms in total. The molecule has 1 aliphatic heterocycles. The van der Waals surface area contributed by atoms with E-state index >= 15 is 0 Å². The predicted molar refractivity (Wildman–Crippen MR) is 113 cm³/mol. The van der Waals surface area contributed by atoms with Crippen LogP contribution >= 0.6 is 0 Å². The number of aromatic nitrogens is 2. The number of rotatable bonds is 5. The Morgan fingerprint density at radius 3 is 2.96 bits per heavy atom. The minimum atomic E-state index is -0.176. The summed E-state index contributed by atoms with van der Waals surface area (Å²) in [5, 5.41) is 5.85. The fraction of sp³-hybridized carbons (Fsp3) is 0.364. The van der Waals surface area contributed by atoms with E-state index in [1.807, 2.05) is 25.1 Å². The van der Waals surface area contributed by atoms with Crippen LogP contribution in [-0.2, 0) is 0 Å². The summed E-state index contributed by atoms with van der Waals surface area (Å²) in [6, 6.07) is 14.2. The van der Waals surface area contributed by atoms with Crippen LogP contribution in [0.2, 0.25) is 0 Å². The number of carbonyl (C=O) groups excluding carboxylic acids is 1. The first-order chi connectivity index (χ1) is 13.6. The lowest BCUT2D eigenvalue weighted by atomic mass is 9.94. The van der Waals surface area contributed by atoms with Gasteiger partial charge in [-0.2, -0.15) is 0 Å². The number of urea groups is 1. The minimum Gasteiger partial charge on any atom is -0.342 e. The highest BCUT2D eigenvalue weighted by molar-refractivity contribution is 5.91. The molecule has 1 aromatic heterocycles. The van der Waals surface area contributed by atoms with Crippen molar-refractivity contribution >= 4 is 22.8 Å². The van der Waals surface area contributed by atoms with Gasteiger partial charge in [0, 0.05) is 25.3 Å². The summed E-state index contributed by atoms with van der Waals surface area (Å²) in [5.74, 6) is 1.46. The molecule has 2 heterocycles. The van der Waals surface area contributed by atoms with Crippen LogP contribution in [0.3, 0.4) is 0 Å². The normalized spacial score (nSPS) is 17.1. The van der Waals surface area contributed by atoms with E-state index in [4.69, 9.17) is 0 Å². The first kappa shape index (κ1) is 18.5. The number of hydrogen-bond donors (Lipinski definition) is 3. The third-order valence-electron chi connectivity index (χ3n) is 5.47. The average molecular weight is 377 g/mol. The Morgan fingerprint density at radius 1 is 1.25 bits per heavy atom. The zero-order chi connectivity index (χ0) is 19.5. The zero-order valence-electron chi connectivity index (χ0n) is 16.5. The molecule has 0 bridgehead atoms. The van der Waals surface area contributed by atoms with E-state index in [1.54, 1.807) is 0 Å². The predicted octanol–water partition coefficient (Wildman–Crippen LogP) is 3.79. The first-order valence-electron chi connectivity index (χ1n) is 9.87. The number of nitrogens with one attached hydrogen (secondary N) is 3. The molecule has 4 rings (SSSR count). The average Bonchev–Trinajstić information content (AvgIpc) is 3.27. The summed E-state index contributed by atoms with van der Waals surface area (Å²) in [6.45, 7) is 7.75. The van der Waals surface area contributed by atoms with Crippen molar-refractivity contribution < 1.29 is 4.79 Å². The van der Waals surface area contributed by atoms with Gasteiger partial charge in [0.05, 0.1) is 11.0 Å². The van der Waals surface area contributed by atoms with Crippen LogP contribution < -0.4 is 10.6 Å². The summed E-state index contributed by atoms with van der Waals surface area (Å²) in [7, 11) is 0. The second-order valence-corrected chi connectivity index (χ2v) is 7.58. The van der Waals surface area contributed by atoms with Crippen molar-refractivity contribution in [2.75, 3.05) is 31.5 Å². The topological polar surface area (TPSA) is 73.1 Å². The lowest BCUT2D eigenvalue weighted by molar-refractivity contribution is 0.249. The lowest BCUT2D eigenvalue weighted by Crippen LogP contribution is -2.36. The third kappa shape index (κ3) is 4.17. The Morgan fingerprint density at radius 2 is 2.11 bits per heavy atom. The van der Waals surface area contributed by atoms with Crippen LogP contribution in [0.15, 0.2) is 42.5 Å². The van der Waals surface area contributed by atoms with Crippen LogP contribution in [0.1, 0.15) is 29.3 Å². The molecule has 0 saturated carbocycles. The van der Waals surface area contributed by atoms with Gasteiger partial charge < -0.3 is 20.5 Å². The number of benzene rings is 2. The van der Waals surface area contributed by atoms with Crippen molar-refractivity contribution in [1.29, 1.82) is 0 Å². The first-order valence-corrected chi connectivity index (χ1v) is 9.87. The van der Waals surface area contributed by atoms with Crippen LogP contribution in [0.25, 0.3) is 11.0 Å². The molecule has 3 aromatic rings. The second kappa shape index (κ2) is 8.02.